The Bertz CT molecular complexity index is 1070. The summed E-state index contributed by atoms with van der Waals surface area (Å²) in [6, 6.07) is 17.6. The summed E-state index contributed by atoms with van der Waals surface area (Å²) in [6.07, 6.45) is 2.67. The zero-order valence-corrected chi connectivity index (χ0v) is 20.3. The zero-order chi connectivity index (χ0) is 23.8. The van der Waals surface area contributed by atoms with Crippen LogP contribution in [-0.4, -0.2) is 62.9 Å². The van der Waals surface area contributed by atoms with Crippen LogP contribution in [-0.2, 0) is 32.6 Å². The van der Waals surface area contributed by atoms with Crippen LogP contribution in [0, 0.1) is 5.92 Å². The minimum atomic E-state index is -3.50. The molecule has 2 aromatic rings. The Morgan fingerprint density at radius 2 is 1.59 bits per heavy atom. The standard InChI is InChI=1S/C26H33N3O4S/c30-26(27-20-24-8-4-5-9-25(24)21-28-15-17-33-18-16-28)23-10-13-29(14-11-23)34(31,32)19-12-22-6-2-1-3-7-22/h1-9,12,19,23H,10-11,13-18,20-21H2,(H,27,30)/b19-12+. The van der Waals surface area contributed by atoms with Crippen molar-refractivity contribution in [2.24, 2.45) is 5.92 Å². The average molecular weight is 484 g/mol. The summed E-state index contributed by atoms with van der Waals surface area (Å²) in [5.74, 6) is -0.172. The van der Waals surface area contributed by atoms with Gasteiger partial charge in [0, 0.05) is 50.6 Å². The van der Waals surface area contributed by atoms with Gasteiger partial charge in [-0.2, -0.15) is 4.31 Å². The number of carbonyl (C=O) groups excluding carboxylic acids is 1. The fourth-order valence-corrected chi connectivity index (χ4v) is 5.62. The molecular weight excluding hydrogens is 450 g/mol. The first kappa shape index (κ1) is 24.6. The Morgan fingerprint density at radius 1 is 0.941 bits per heavy atom. The molecule has 0 bridgehead atoms. The van der Waals surface area contributed by atoms with Crippen LogP contribution in [0.4, 0.5) is 0 Å². The predicted octanol–water partition coefficient (Wildman–Crippen LogP) is 2.85. The van der Waals surface area contributed by atoms with Gasteiger partial charge in [-0.15, -0.1) is 0 Å². The van der Waals surface area contributed by atoms with Gasteiger partial charge in [-0.3, -0.25) is 9.69 Å². The van der Waals surface area contributed by atoms with Crippen LogP contribution in [0.1, 0.15) is 29.5 Å². The molecule has 8 heteroatoms. The summed E-state index contributed by atoms with van der Waals surface area (Å²) in [5, 5.41) is 4.34. The van der Waals surface area contributed by atoms with E-state index in [1.807, 2.05) is 42.5 Å². The van der Waals surface area contributed by atoms with Crippen molar-refractivity contribution in [2.45, 2.75) is 25.9 Å². The largest absolute Gasteiger partial charge is 0.379 e. The maximum atomic E-state index is 12.8. The monoisotopic (exact) mass is 483 g/mol. The molecule has 0 atom stereocenters. The molecule has 0 spiro atoms. The van der Waals surface area contributed by atoms with Crippen LogP contribution in [0.5, 0.6) is 0 Å². The number of sulfonamides is 1. The van der Waals surface area contributed by atoms with Crippen LogP contribution in [0.2, 0.25) is 0 Å². The Labute approximate surface area is 202 Å². The molecule has 0 unspecified atom stereocenters. The lowest BCUT2D eigenvalue weighted by Crippen LogP contribution is -2.42. The summed E-state index contributed by atoms with van der Waals surface area (Å²) >= 11 is 0. The Balaban J connectivity index is 1.27. The van der Waals surface area contributed by atoms with E-state index in [2.05, 4.69) is 22.3 Å². The molecule has 2 aliphatic heterocycles. The topological polar surface area (TPSA) is 79.0 Å². The van der Waals surface area contributed by atoms with Gasteiger partial charge in [0.15, 0.2) is 0 Å². The SMILES string of the molecule is O=C(NCc1ccccc1CN1CCOCC1)C1CCN(S(=O)(=O)/C=C/c2ccccc2)CC1. The highest BCUT2D eigenvalue weighted by molar-refractivity contribution is 7.92. The molecule has 4 rings (SSSR count). The van der Waals surface area contributed by atoms with Crippen LogP contribution in [0.3, 0.4) is 0 Å². The molecule has 0 saturated carbocycles. The van der Waals surface area contributed by atoms with Crippen molar-refractivity contribution < 1.29 is 17.9 Å². The Kier molecular flexibility index (Phi) is 8.50. The second-order valence-corrected chi connectivity index (χ2v) is 10.6. The van der Waals surface area contributed by atoms with Crippen molar-refractivity contribution in [1.82, 2.24) is 14.5 Å². The lowest BCUT2D eigenvalue weighted by molar-refractivity contribution is -0.126. The van der Waals surface area contributed by atoms with Gasteiger partial charge in [0.2, 0.25) is 15.9 Å². The number of rotatable bonds is 8. The molecule has 1 amide bonds. The molecule has 2 fully saturated rings. The maximum Gasteiger partial charge on any atom is 0.236 e. The molecular formula is C26H33N3O4S. The number of nitrogens with one attached hydrogen (secondary N) is 1. The minimum absolute atomic E-state index is 0.00180. The van der Waals surface area contributed by atoms with Gasteiger partial charge < -0.3 is 10.1 Å². The van der Waals surface area contributed by atoms with Crippen molar-refractivity contribution in [2.75, 3.05) is 39.4 Å². The molecule has 182 valence electrons. The highest BCUT2D eigenvalue weighted by Gasteiger charge is 2.30. The summed E-state index contributed by atoms with van der Waals surface area (Å²) in [4.78, 5) is 15.2. The highest BCUT2D eigenvalue weighted by atomic mass is 32.2. The predicted molar refractivity (Wildman–Crippen MR) is 133 cm³/mol. The molecule has 0 aromatic heterocycles. The normalized spacial score (nSPS) is 18.8. The van der Waals surface area contributed by atoms with Gasteiger partial charge in [-0.25, -0.2) is 8.42 Å². The summed E-state index contributed by atoms with van der Waals surface area (Å²) in [7, 11) is -3.50. The highest BCUT2D eigenvalue weighted by Crippen LogP contribution is 2.21. The molecule has 0 radical (unpaired) electrons. The van der Waals surface area contributed by atoms with Gasteiger partial charge in [-0.05, 0) is 35.6 Å². The Morgan fingerprint density at radius 3 is 2.29 bits per heavy atom. The third kappa shape index (κ3) is 6.76. The van der Waals surface area contributed by atoms with Crippen molar-refractivity contribution >= 4 is 22.0 Å². The fraction of sp³-hybridized carbons (Fsp3) is 0.423. The number of hydrogen-bond donors (Lipinski definition) is 1. The average Bonchev–Trinajstić information content (AvgIpc) is 2.88. The number of carbonyl (C=O) groups is 1. The first-order chi connectivity index (χ1) is 16.5. The van der Waals surface area contributed by atoms with E-state index in [9.17, 15) is 13.2 Å². The summed E-state index contributed by atoms with van der Waals surface area (Å²) in [5.41, 5.74) is 3.18. The third-order valence-corrected chi connectivity index (χ3v) is 8.05. The number of amides is 1. The first-order valence-electron chi connectivity index (χ1n) is 11.9. The van der Waals surface area contributed by atoms with E-state index in [4.69, 9.17) is 4.74 Å². The molecule has 2 saturated heterocycles. The van der Waals surface area contributed by atoms with E-state index in [0.717, 1.165) is 44.0 Å². The number of benzene rings is 2. The lowest BCUT2D eigenvalue weighted by atomic mass is 9.97. The van der Waals surface area contributed by atoms with Crippen molar-refractivity contribution in [1.29, 1.82) is 0 Å². The quantitative estimate of drug-likeness (QED) is 0.625. The van der Waals surface area contributed by atoms with E-state index in [-0.39, 0.29) is 11.8 Å². The number of piperidine rings is 1. The minimum Gasteiger partial charge on any atom is -0.379 e. The molecule has 2 aliphatic rings. The molecule has 2 heterocycles. The second kappa shape index (κ2) is 11.8. The second-order valence-electron chi connectivity index (χ2n) is 8.81. The van der Waals surface area contributed by atoms with Crippen LogP contribution in [0.25, 0.3) is 6.08 Å². The summed E-state index contributed by atoms with van der Waals surface area (Å²) < 4.78 is 32.2. The van der Waals surface area contributed by atoms with E-state index in [0.29, 0.717) is 32.5 Å². The molecule has 0 aliphatic carbocycles. The number of nitrogens with zero attached hydrogens (tertiary/aromatic N) is 2. The van der Waals surface area contributed by atoms with Gasteiger partial charge in [0.05, 0.1) is 13.2 Å². The van der Waals surface area contributed by atoms with Crippen LogP contribution in [0.15, 0.2) is 60.0 Å². The van der Waals surface area contributed by atoms with E-state index in [1.165, 1.54) is 15.3 Å². The fourth-order valence-electron chi connectivity index (χ4n) is 4.40. The van der Waals surface area contributed by atoms with E-state index in [1.54, 1.807) is 6.08 Å². The molecule has 7 nitrogen and oxygen atoms in total. The van der Waals surface area contributed by atoms with Crippen molar-refractivity contribution in [3.05, 3.63) is 76.7 Å². The van der Waals surface area contributed by atoms with E-state index >= 15 is 0 Å². The van der Waals surface area contributed by atoms with Crippen molar-refractivity contribution in [3.63, 3.8) is 0 Å². The van der Waals surface area contributed by atoms with Crippen LogP contribution >= 0.6 is 0 Å². The maximum absolute atomic E-state index is 12.8. The smallest absolute Gasteiger partial charge is 0.236 e. The van der Waals surface area contributed by atoms with Gasteiger partial charge >= 0.3 is 0 Å². The van der Waals surface area contributed by atoms with Gasteiger partial charge in [0.25, 0.3) is 0 Å². The van der Waals surface area contributed by atoms with Crippen LogP contribution < -0.4 is 5.32 Å². The van der Waals surface area contributed by atoms with Crippen molar-refractivity contribution in [3.8, 4) is 0 Å². The van der Waals surface area contributed by atoms with Gasteiger partial charge in [0.1, 0.15) is 0 Å². The molecule has 2 aromatic carbocycles. The van der Waals surface area contributed by atoms with Gasteiger partial charge in [-0.1, -0.05) is 54.6 Å². The third-order valence-electron chi connectivity index (χ3n) is 6.49. The Hall–Kier alpha value is -2.52. The first-order valence-corrected chi connectivity index (χ1v) is 13.4. The zero-order valence-electron chi connectivity index (χ0n) is 19.4. The lowest BCUT2D eigenvalue weighted by Gasteiger charge is -2.30. The number of hydrogen-bond acceptors (Lipinski definition) is 5. The molecule has 1 N–H and O–H groups in total. The molecule has 34 heavy (non-hydrogen) atoms. The number of ether oxygens (including phenoxy) is 1. The summed E-state index contributed by atoms with van der Waals surface area (Å²) in [6.45, 7) is 5.40. The van der Waals surface area contributed by atoms with E-state index < -0.39 is 10.0 Å². The number of morpholine rings is 1.